The zero-order valence-electron chi connectivity index (χ0n) is 16.0. The zero-order chi connectivity index (χ0) is 20.9. The highest BCUT2D eigenvalue weighted by atomic mass is 32.1. The van der Waals surface area contributed by atoms with Crippen LogP contribution < -0.4 is 5.32 Å². The number of carbonyl (C=O) groups excluding carboxylic acids is 2. The van der Waals surface area contributed by atoms with Gasteiger partial charge in [-0.1, -0.05) is 18.2 Å². The molecule has 2 heterocycles. The summed E-state index contributed by atoms with van der Waals surface area (Å²) in [5.74, 6) is -0.797. The van der Waals surface area contributed by atoms with Gasteiger partial charge in [-0.2, -0.15) is 0 Å². The molecule has 0 aliphatic rings. The van der Waals surface area contributed by atoms with E-state index in [9.17, 15) is 9.59 Å². The Labute approximate surface area is 177 Å². The molecule has 30 heavy (non-hydrogen) atoms. The van der Waals surface area contributed by atoms with Crippen molar-refractivity contribution in [2.75, 3.05) is 12.4 Å². The number of anilines is 1. The SMILES string of the molecule is COC(=O)c1cccc(C(=O)Nc2cccc(-c3csc(-c4ccncc4)n3)c2)c1. The van der Waals surface area contributed by atoms with Crippen molar-refractivity contribution in [3.8, 4) is 21.8 Å². The van der Waals surface area contributed by atoms with Gasteiger partial charge in [-0.25, -0.2) is 9.78 Å². The quantitative estimate of drug-likeness (QED) is 0.468. The van der Waals surface area contributed by atoms with Gasteiger partial charge in [0.25, 0.3) is 5.91 Å². The predicted molar refractivity (Wildman–Crippen MR) is 117 cm³/mol. The third kappa shape index (κ3) is 4.26. The Hall–Kier alpha value is -3.84. The molecule has 0 aliphatic carbocycles. The van der Waals surface area contributed by atoms with Gasteiger partial charge in [-0.3, -0.25) is 9.78 Å². The third-order valence-corrected chi connectivity index (χ3v) is 5.28. The van der Waals surface area contributed by atoms with Crippen molar-refractivity contribution in [2.45, 2.75) is 0 Å². The van der Waals surface area contributed by atoms with Gasteiger partial charge in [-0.15, -0.1) is 11.3 Å². The number of nitrogens with zero attached hydrogens (tertiary/aromatic N) is 2. The minimum Gasteiger partial charge on any atom is -0.465 e. The summed E-state index contributed by atoms with van der Waals surface area (Å²) in [5.41, 5.74) is 4.07. The summed E-state index contributed by atoms with van der Waals surface area (Å²) in [6.07, 6.45) is 3.48. The predicted octanol–water partition coefficient (Wildman–Crippen LogP) is 4.91. The van der Waals surface area contributed by atoms with E-state index in [2.05, 4.69) is 10.3 Å². The van der Waals surface area contributed by atoms with Crippen LogP contribution in [0.4, 0.5) is 5.69 Å². The fraction of sp³-hybridized carbons (Fsp3) is 0.0435. The van der Waals surface area contributed by atoms with Crippen LogP contribution in [0.3, 0.4) is 0 Å². The van der Waals surface area contributed by atoms with Gasteiger partial charge in [0, 0.05) is 40.2 Å². The van der Waals surface area contributed by atoms with E-state index in [1.807, 2.05) is 41.8 Å². The monoisotopic (exact) mass is 415 g/mol. The molecule has 0 unspecified atom stereocenters. The largest absolute Gasteiger partial charge is 0.465 e. The molecule has 0 spiro atoms. The number of methoxy groups -OCH3 is 1. The van der Waals surface area contributed by atoms with Gasteiger partial charge >= 0.3 is 5.97 Å². The molecule has 4 rings (SSSR count). The lowest BCUT2D eigenvalue weighted by atomic mass is 10.1. The van der Waals surface area contributed by atoms with Crippen molar-refractivity contribution in [2.24, 2.45) is 0 Å². The number of esters is 1. The van der Waals surface area contributed by atoms with Gasteiger partial charge in [0.15, 0.2) is 0 Å². The minimum absolute atomic E-state index is 0.311. The first-order valence-electron chi connectivity index (χ1n) is 9.10. The van der Waals surface area contributed by atoms with Gasteiger partial charge in [0.1, 0.15) is 5.01 Å². The number of hydrogen-bond acceptors (Lipinski definition) is 6. The maximum atomic E-state index is 12.6. The second-order valence-corrected chi connectivity index (χ2v) is 7.24. The smallest absolute Gasteiger partial charge is 0.337 e. The van der Waals surface area contributed by atoms with Crippen LogP contribution in [0.5, 0.6) is 0 Å². The van der Waals surface area contributed by atoms with Crippen LogP contribution in [-0.2, 0) is 4.74 Å². The molecule has 0 aliphatic heterocycles. The van der Waals surface area contributed by atoms with Gasteiger partial charge in [0.05, 0.1) is 18.4 Å². The molecule has 1 amide bonds. The van der Waals surface area contributed by atoms with Crippen LogP contribution in [0.25, 0.3) is 21.8 Å². The number of benzene rings is 2. The number of ether oxygens (including phenoxy) is 1. The highest BCUT2D eigenvalue weighted by Crippen LogP contribution is 2.29. The third-order valence-electron chi connectivity index (χ3n) is 4.39. The van der Waals surface area contributed by atoms with Gasteiger partial charge in [-0.05, 0) is 42.5 Å². The summed E-state index contributed by atoms with van der Waals surface area (Å²) < 4.78 is 4.71. The average molecular weight is 415 g/mol. The Morgan fingerprint density at radius 3 is 2.50 bits per heavy atom. The highest BCUT2D eigenvalue weighted by molar-refractivity contribution is 7.13. The van der Waals surface area contributed by atoms with E-state index in [1.54, 1.807) is 41.9 Å². The summed E-state index contributed by atoms with van der Waals surface area (Å²) in [6.45, 7) is 0. The topological polar surface area (TPSA) is 81.2 Å². The van der Waals surface area contributed by atoms with Crippen LogP contribution in [0.15, 0.2) is 78.4 Å². The summed E-state index contributed by atoms with van der Waals surface area (Å²) in [7, 11) is 1.30. The molecule has 0 saturated heterocycles. The molecule has 2 aromatic carbocycles. The Balaban J connectivity index is 1.54. The second kappa shape index (κ2) is 8.67. The van der Waals surface area contributed by atoms with E-state index in [-0.39, 0.29) is 5.91 Å². The molecule has 148 valence electrons. The van der Waals surface area contributed by atoms with Crippen LogP contribution in [0, 0.1) is 0 Å². The lowest BCUT2D eigenvalue weighted by molar-refractivity contribution is 0.0600. The molecule has 6 nitrogen and oxygen atoms in total. The Morgan fingerprint density at radius 1 is 0.933 bits per heavy atom. The number of rotatable bonds is 5. The molecular weight excluding hydrogens is 398 g/mol. The molecule has 4 aromatic rings. The zero-order valence-corrected chi connectivity index (χ0v) is 16.8. The number of nitrogens with one attached hydrogen (secondary N) is 1. The molecule has 1 N–H and O–H groups in total. The highest BCUT2D eigenvalue weighted by Gasteiger charge is 2.12. The number of carbonyl (C=O) groups is 2. The number of amides is 1. The molecule has 0 saturated carbocycles. The van der Waals surface area contributed by atoms with Crippen LogP contribution >= 0.6 is 11.3 Å². The minimum atomic E-state index is -0.486. The lowest BCUT2D eigenvalue weighted by Crippen LogP contribution is -2.13. The van der Waals surface area contributed by atoms with Gasteiger partial charge < -0.3 is 10.1 Å². The molecule has 0 fully saturated rings. The number of aromatic nitrogens is 2. The molecule has 0 bridgehead atoms. The summed E-state index contributed by atoms with van der Waals surface area (Å²) in [5, 5.41) is 5.75. The first-order chi connectivity index (χ1) is 14.6. The van der Waals surface area contributed by atoms with Crippen molar-refractivity contribution in [3.05, 3.63) is 89.6 Å². The van der Waals surface area contributed by atoms with Crippen molar-refractivity contribution in [1.82, 2.24) is 9.97 Å². The first-order valence-corrected chi connectivity index (χ1v) is 9.98. The number of hydrogen-bond donors (Lipinski definition) is 1. The van der Waals surface area contributed by atoms with E-state index in [1.165, 1.54) is 13.2 Å². The van der Waals surface area contributed by atoms with Crippen LogP contribution in [0.1, 0.15) is 20.7 Å². The summed E-state index contributed by atoms with van der Waals surface area (Å²) >= 11 is 1.55. The van der Waals surface area contributed by atoms with Crippen molar-refractivity contribution < 1.29 is 14.3 Å². The van der Waals surface area contributed by atoms with Gasteiger partial charge in [0.2, 0.25) is 0 Å². The van der Waals surface area contributed by atoms with Crippen molar-refractivity contribution in [1.29, 1.82) is 0 Å². The molecule has 7 heteroatoms. The number of pyridine rings is 1. The van der Waals surface area contributed by atoms with Crippen LogP contribution in [0.2, 0.25) is 0 Å². The average Bonchev–Trinajstić information content (AvgIpc) is 3.30. The lowest BCUT2D eigenvalue weighted by Gasteiger charge is -2.08. The van der Waals surface area contributed by atoms with Crippen LogP contribution in [-0.4, -0.2) is 29.0 Å². The number of thiazole rings is 1. The Kier molecular flexibility index (Phi) is 5.63. The Morgan fingerprint density at radius 2 is 1.70 bits per heavy atom. The van der Waals surface area contributed by atoms with E-state index in [4.69, 9.17) is 9.72 Å². The fourth-order valence-corrected chi connectivity index (χ4v) is 3.73. The normalized spacial score (nSPS) is 10.4. The maximum Gasteiger partial charge on any atom is 0.337 e. The van der Waals surface area contributed by atoms with Crippen molar-refractivity contribution >= 4 is 28.9 Å². The van der Waals surface area contributed by atoms with E-state index < -0.39 is 5.97 Å². The fourth-order valence-electron chi connectivity index (χ4n) is 2.90. The molecule has 0 atom stereocenters. The van der Waals surface area contributed by atoms with E-state index in [0.29, 0.717) is 16.8 Å². The summed E-state index contributed by atoms with van der Waals surface area (Å²) in [6, 6.07) is 17.7. The van der Waals surface area contributed by atoms with E-state index in [0.717, 1.165) is 21.8 Å². The maximum absolute atomic E-state index is 12.6. The standard InChI is InChI=1S/C23H17N3O3S/c1-29-23(28)18-6-2-5-17(12-18)21(27)25-19-7-3-4-16(13-19)20-14-30-22(26-20)15-8-10-24-11-9-15/h2-14H,1H3,(H,25,27). The van der Waals surface area contributed by atoms with E-state index >= 15 is 0 Å². The molecular formula is C23H17N3O3S. The first kappa shape index (κ1) is 19.5. The summed E-state index contributed by atoms with van der Waals surface area (Å²) in [4.78, 5) is 33.0. The second-order valence-electron chi connectivity index (χ2n) is 6.38. The molecule has 0 radical (unpaired) electrons. The van der Waals surface area contributed by atoms with Crippen molar-refractivity contribution in [3.63, 3.8) is 0 Å². The molecule has 2 aromatic heterocycles. The Bertz CT molecular complexity index is 1210.